The van der Waals surface area contributed by atoms with Crippen LogP contribution in [0, 0.1) is 5.41 Å². The van der Waals surface area contributed by atoms with Gasteiger partial charge >= 0.3 is 0 Å². The van der Waals surface area contributed by atoms with Gasteiger partial charge in [0.05, 0.1) is 18.3 Å². The molecule has 4 nitrogen and oxygen atoms in total. The van der Waals surface area contributed by atoms with Crippen molar-refractivity contribution in [2.75, 3.05) is 13.2 Å². The zero-order valence-corrected chi connectivity index (χ0v) is 10.5. The van der Waals surface area contributed by atoms with Gasteiger partial charge in [0.25, 0.3) is 0 Å². The Hall–Kier alpha value is -1.55. The van der Waals surface area contributed by atoms with Crippen LogP contribution in [0.5, 0.6) is 5.75 Å². The van der Waals surface area contributed by atoms with Crippen LogP contribution in [0.15, 0.2) is 24.3 Å². The SMILES string of the molecule is N=C(N)c1ccccc1OCCCC1CCCO1. The highest BCUT2D eigenvalue weighted by Gasteiger charge is 2.14. The Balaban J connectivity index is 1.77. The molecule has 2 rings (SSSR count). The summed E-state index contributed by atoms with van der Waals surface area (Å²) in [6.07, 6.45) is 4.78. The number of nitrogens with one attached hydrogen (secondary N) is 1. The lowest BCUT2D eigenvalue weighted by molar-refractivity contribution is 0.0981. The fourth-order valence-corrected chi connectivity index (χ4v) is 2.18. The zero-order chi connectivity index (χ0) is 12.8. The second-order valence-electron chi connectivity index (χ2n) is 4.54. The summed E-state index contributed by atoms with van der Waals surface area (Å²) < 4.78 is 11.2. The standard InChI is InChI=1S/C14H20N2O2/c15-14(16)12-7-1-2-8-13(12)18-10-4-6-11-5-3-9-17-11/h1-2,7-8,11H,3-6,9-10H2,(H3,15,16). The monoisotopic (exact) mass is 248 g/mol. The molecule has 4 heteroatoms. The molecule has 1 aliphatic rings. The van der Waals surface area contributed by atoms with Gasteiger partial charge in [-0.25, -0.2) is 0 Å². The van der Waals surface area contributed by atoms with Gasteiger partial charge in [-0.1, -0.05) is 12.1 Å². The van der Waals surface area contributed by atoms with Crippen LogP contribution in [0.3, 0.4) is 0 Å². The number of nitrogens with two attached hydrogens (primary N) is 1. The van der Waals surface area contributed by atoms with Crippen molar-refractivity contribution >= 4 is 5.84 Å². The normalized spacial score (nSPS) is 18.8. The van der Waals surface area contributed by atoms with Crippen LogP contribution in [0.1, 0.15) is 31.2 Å². The van der Waals surface area contributed by atoms with E-state index in [0.29, 0.717) is 24.0 Å². The molecule has 3 N–H and O–H groups in total. The van der Waals surface area contributed by atoms with Gasteiger partial charge in [0.2, 0.25) is 0 Å². The molecule has 1 saturated heterocycles. The van der Waals surface area contributed by atoms with E-state index in [1.54, 1.807) is 6.07 Å². The largest absolute Gasteiger partial charge is 0.493 e. The number of ether oxygens (including phenoxy) is 2. The topological polar surface area (TPSA) is 68.3 Å². The van der Waals surface area contributed by atoms with E-state index < -0.39 is 0 Å². The zero-order valence-electron chi connectivity index (χ0n) is 10.5. The van der Waals surface area contributed by atoms with Crippen molar-refractivity contribution < 1.29 is 9.47 Å². The van der Waals surface area contributed by atoms with Crippen LogP contribution >= 0.6 is 0 Å². The number of hydrogen-bond donors (Lipinski definition) is 2. The summed E-state index contributed by atoms with van der Waals surface area (Å²) in [5.41, 5.74) is 6.16. The molecule has 0 amide bonds. The molecule has 0 aromatic heterocycles. The highest BCUT2D eigenvalue weighted by molar-refractivity contribution is 5.97. The Kier molecular flexibility index (Phi) is 4.59. The predicted molar refractivity (Wildman–Crippen MR) is 71.2 cm³/mol. The van der Waals surface area contributed by atoms with Crippen molar-refractivity contribution in [2.24, 2.45) is 5.73 Å². The van der Waals surface area contributed by atoms with E-state index in [1.807, 2.05) is 18.2 Å². The number of nitrogen functional groups attached to an aromatic ring is 1. The van der Waals surface area contributed by atoms with E-state index in [4.69, 9.17) is 20.6 Å². The smallest absolute Gasteiger partial charge is 0.130 e. The molecular weight excluding hydrogens is 228 g/mol. The minimum Gasteiger partial charge on any atom is -0.493 e. The van der Waals surface area contributed by atoms with Crippen LogP contribution in [-0.4, -0.2) is 25.2 Å². The molecule has 1 aliphatic heterocycles. The summed E-state index contributed by atoms with van der Waals surface area (Å²) >= 11 is 0. The highest BCUT2D eigenvalue weighted by Crippen LogP contribution is 2.19. The van der Waals surface area contributed by atoms with Crippen LogP contribution in [0.25, 0.3) is 0 Å². The summed E-state index contributed by atoms with van der Waals surface area (Å²) in [4.78, 5) is 0. The van der Waals surface area contributed by atoms with E-state index in [0.717, 1.165) is 19.4 Å². The first-order chi connectivity index (χ1) is 8.77. The Bertz CT molecular complexity index is 401. The lowest BCUT2D eigenvalue weighted by Gasteiger charge is -2.12. The molecule has 0 spiro atoms. The maximum absolute atomic E-state index is 7.47. The van der Waals surface area contributed by atoms with Crippen LogP contribution in [0.2, 0.25) is 0 Å². The fourth-order valence-electron chi connectivity index (χ4n) is 2.18. The molecule has 0 aliphatic carbocycles. The molecular formula is C14H20N2O2. The Labute approximate surface area is 108 Å². The second-order valence-corrected chi connectivity index (χ2v) is 4.54. The van der Waals surface area contributed by atoms with Crippen molar-refractivity contribution in [1.82, 2.24) is 0 Å². The van der Waals surface area contributed by atoms with Crippen molar-refractivity contribution in [2.45, 2.75) is 31.8 Å². The van der Waals surface area contributed by atoms with Crippen LogP contribution in [0.4, 0.5) is 0 Å². The summed E-state index contributed by atoms with van der Waals surface area (Å²) in [6, 6.07) is 7.40. The summed E-state index contributed by atoms with van der Waals surface area (Å²) in [6.45, 7) is 1.54. The lowest BCUT2D eigenvalue weighted by Crippen LogP contribution is -2.14. The average molecular weight is 248 g/mol. The lowest BCUT2D eigenvalue weighted by atomic mass is 10.1. The van der Waals surface area contributed by atoms with Gasteiger partial charge in [0.15, 0.2) is 0 Å². The van der Waals surface area contributed by atoms with Gasteiger partial charge in [-0.3, -0.25) is 5.41 Å². The maximum atomic E-state index is 7.47. The summed E-state index contributed by atoms with van der Waals surface area (Å²) in [5.74, 6) is 0.738. The van der Waals surface area contributed by atoms with E-state index >= 15 is 0 Å². The molecule has 1 aromatic rings. The molecule has 0 saturated carbocycles. The van der Waals surface area contributed by atoms with E-state index in [-0.39, 0.29) is 5.84 Å². The van der Waals surface area contributed by atoms with Crippen molar-refractivity contribution in [3.05, 3.63) is 29.8 Å². The average Bonchev–Trinajstić information content (AvgIpc) is 2.88. The molecule has 1 unspecified atom stereocenters. The van der Waals surface area contributed by atoms with Crippen LogP contribution < -0.4 is 10.5 Å². The van der Waals surface area contributed by atoms with Gasteiger partial charge in [0.1, 0.15) is 11.6 Å². The van der Waals surface area contributed by atoms with Crippen molar-refractivity contribution in [1.29, 1.82) is 5.41 Å². The minimum atomic E-state index is 0.0460. The molecule has 0 bridgehead atoms. The first-order valence-electron chi connectivity index (χ1n) is 6.45. The molecule has 98 valence electrons. The number of rotatable bonds is 6. The van der Waals surface area contributed by atoms with E-state index in [9.17, 15) is 0 Å². The number of hydrogen-bond acceptors (Lipinski definition) is 3. The van der Waals surface area contributed by atoms with Crippen LogP contribution in [-0.2, 0) is 4.74 Å². The molecule has 1 aromatic carbocycles. The fraction of sp³-hybridized carbons (Fsp3) is 0.500. The minimum absolute atomic E-state index is 0.0460. The maximum Gasteiger partial charge on any atom is 0.130 e. The summed E-state index contributed by atoms with van der Waals surface area (Å²) in [5, 5.41) is 7.47. The van der Waals surface area contributed by atoms with Gasteiger partial charge < -0.3 is 15.2 Å². The Morgan fingerprint density at radius 2 is 2.28 bits per heavy atom. The van der Waals surface area contributed by atoms with Gasteiger partial charge in [-0.2, -0.15) is 0 Å². The predicted octanol–water partition coefficient (Wildman–Crippen LogP) is 2.31. The molecule has 18 heavy (non-hydrogen) atoms. The quantitative estimate of drug-likeness (QED) is 0.461. The third-order valence-electron chi connectivity index (χ3n) is 3.13. The first kappa shape index (κ1) is 12.9. The van der Waals surface area contributed by atoms with Crippen molar-refractivity contribution in [3.8, 4) is 5.75 Å². The Morgan fingerprint density at radius 1 is 1.44 bits per heavy atom. The summed E-state index contributed by atoms with van der Waals surface area (Å²) in [7, 11) is 0. The highest BCUT2D eigenvalue weighted by atomic mass is 16.5. The van der Waals surface area contributed by atoms with Gasteiger partial charge in [-0.05, 0) is 37.8 Å². The number of amidine groups is 1. The second kappa shape index (κ2) is 6.40. The molecule has 1 atom stereocenters. The molecule has 1 fully saturated rings. The van der Waals surface area contributed by atoms with E-state index in [1.165, 1.54) is 12.8 Å². The van der Waals surface area contributed by atoms with Gasteiger partial charge in [-0.15, -0.1) is 0 Å². The number of benzene rings is 1. The third kappa shape index (κ3) is 3.47. The third-order valence-corrected chi connectivity index (χ3v) is 3.13. The van der Waals surface area contributed by atoms with Gasteiger partial charge in [0, 0.05) is 6.61 Å². The van der Waals surface area contributed by atoms with E-state index in [2.05, 4.69) is 0 Å². The van der Waals surface area contributed by atoms with Crippen molar-refractivity contribution in [3.63, 3.8) is 0 Å². The molecule has 0 radical (unpaired) electrons. The molecule has 1 heterocycles. The Morgan fingerprint density at radius 3 is 3.00 bits per heavy atom. The number of para-hydroxylation sites is 1. The first-order valence-corrected chi connectivity index (χ1v) is 6.45.